The van der Waals surface area contributed by atoms with E-state index >= 15 is 0 Å². The largest absolute Gasteiger partial charge is 0.463 e. The molecule has 0 unspecified atom stereocenters. The van der Waals surface area contributed by atoms with Gasteiger partial charge < -0.3 is 15.0 Å². The lowest BCUT2D eigenvalue weighted by Gasteiger charge is -2.21. The number of halogens is 2. The monoisotopic (exact) mass is 413 g/mol. The van der Waals surface area contributed by atoms with E-state index in [4.69, 9.17) is 10.5 Å². The Morgan fingerprint density at radius 3 is 2.70 bits per heavy atom. The molecule has 27 heavy (non-hydrogen) atoms. The van der Waals surface area contributed by atoms with Crippen molar-refractivity contribution in [2.45, 2.75) is 52.1 Å². The first kappa shape index (κ1) is 23.5. The second-order valence-corrected chi connectivity index (χ2v) is 6.95. The second kappa shape index (κ2) is 10.7. The molecule has 2 aromatic rings. The van der Waals surface area contributed by atoms with Crippen LogP contribution in [0.3, 0.4) is 0 Å². The lowest BCUT2D eigenvalue weighted by atomic mass is 9.94. The summed E-state index contributed by atoms with van der Waals surface area (Å²) in [6.45, 7) is 4.35. The second-order valence-electron chi connectivity index (χ2n) is 6.95. The zero-order valence-corrected chi connectivity index (χ0v) is 17.5. The molecule has 1 aliphatic rings. The molecule has 0 amide bonds. The van der Waals surface area contributed by atoms with Gasteiger partial charge in [-0.2, -0.15) is 0 Å². The number of para-hydroxylation sites is 1. The van der Waals surface area contributed by atoms with Gasteiger partial charge in [-0.25, -0.2) is 4.98 Å². The van der Waals surface area contributed by atoms with Gasteiger partial charge in [-0.15, -0.1) is 24.8 Å². The SMILES string of the molecule is CC(C)OC(=O)[C@@H](CCCN)Cc1ncn2c1CCc1ccccc1-2.Cl.Cl. The van der Waals surface area contributed by atoms with Crippen molar-refractivity contribution in [3.63, 3.8) is 0 Å². The van der Waals surface area contributed by atoms with Crippen LogP contribution in [0.15, 0.2) is 30.6 Å². The highest BCUT2D eigenvalue weighted by atomic mass is 35.5. The van der Waals surface area contributed by atoms with Gasteiger partial charge in [0.25, 0.3) is 0 Å². The van der Waals surface area contributed by atoms with Crippen LogP contribution in [-0.2, 0) is 28.8 Å². The maximum absolute atomic E-state index is 12.5. The smallest absolute Gasteiger partial charge is 0.309 e. The van der Waals surface area contributed by atoms with Gasteiger partial charge >= 0.3 is 5.97 Å². The van der Waals surface area contributed by atoms with E-state index in [1.807, 2.05) is 20.2 Å². The predicted octanol–water partition coefficient (Wildman–Crippen LogP) is 3.66. The minimum Gasteiger partial charge on any atom is -0.463 e. The van der Waals surface area contributed by atoms with Gasteiger partial charge in [-0.1, -0.05) is 18.2 Å². The number of fused-ring (bicyclic) bond motifs is 3. The molecule has 3 rings (SSSR count). The van der Waals surface area contributed by atoms with Gasteiger partial charge in [0.15, 0.2) is 0 Å². The average molecular weight is 414 g/mol. The molecular weight excluding hydrogens is 385 g/mol. The first-order valence-electron chi connectivity index (χ1n) is 9.14. The Balaban J connectivity index is 0.00000182. The Kier molecular flexibility index (Phi) is 9.30. The van der Waals surface area contributed by atoms with Crippen LogP contribution in [-0.4, -0.2) is 28.2 Å². The first-order chi connectivity index (χ1) is 12.1. The van der Waals surface area contributed by atoms with Crippen LogP contribution in [0.2, 0.25) is 0 Å². The fourth-order valence-corrected chi connectivity index (χ4v) is 3.49. The third kappa shape index (κ3) is 5.47. The molecule has 0 spiro atoms. The lowest BCUT2D eigenvalue weighted by Crippen LogP contribution is -2.25. The third-order valence-electron chi connectivity index (χ3n) is 4.72. The minimum atomic E-state index is -0.178. The molecule has 1 aliphatic heterocycles. The number of aromatic nitrogens is 2. The summed E-state index contributed by atoms with van der Waals surface area (Å²) in [5.41, 5.74) is 10.4. The van der Waals surface area contributed by atoms with Crippen molar-refractivity contribution in [1.82, 2.24) is 9.55 Å². The fraction of sp³-hybridized carbons (Fsp3) is 0.500. The van der Waals surface area contributed by atoms with Gasteiger partial charge in [-0.3, -0.25) is 4.79 Å². The van der Waals surface area contributed by atoms with Gasteiger partial charge in [0.1, 0.15) is 0 Å². The molecule has 7 heteroatoms. The Labute approximate surface area is 173 Å². The van der Waals surface area contributed by atoms with Crippen molar-refractivity contribution in [1.29, 1.82) is 0 Å². The molecule has 2 N–H and O–H groups in total. The molecule has 1 atom stereocenters. The number of ether oxygens (including phenoxy) is 1. The zero-order valence-electron chi connectivity index (χ0n) is 15.9. The van der Waals surface area contributed by atoms with Crippen molar-refractivity contribution in [3.05, 3.63) is 47.5 Å². The summed E-state index contributed by atoms with van der Waals surface area (Å²) < 4.78 is 7.61. The lowest BCUT2D eigenvalue weighted by molar-refractivity contribution is -0.152. The van der Waals surface area contributed by atoms with Crippen LogP contribution in [0.5, 0.6) is 0 Å². The van der Waals surface area contributed by atoms with E-state index in [0.29, 0.717) is 13.0 Å². The van der Waals surface area contributed by atoms with Crippen molar-refractivity contribution in [3.8, 4) is 5.69 Å². The van der Waals surface area contributed by atoms with Crippen LogP contribution in [0.25, 0.3) is 5.69 Å². The van der Waals surface area contributed by atoms with E-state index in [2.05, 4.69) is 33.8 Å². The van der Waals surface area contributed by atoms with Crippen LogP contribution < -0.4 is 5.73 Å². The van der Waals surface area contributed by atoms with E-state index in [1.54, 1.807) is 0 Å². The van der Waals surface area contributed by atoms with Crippen LogP contribution >= 0.6 is 24.8 Å². The molecule has 0 saturated carbocycles. The number of nitrogens with zero attached hydrogens (tertiary/aromatic N) is 2. The highest BCUT2D eigenvalue weighted by Gasteiger charge is 2.26. The molecule has 0 saturated heterocycles. The van der Waals surface area contributed by atoms with Gasteiger partial charge in [0.05, 0.1) is 24.0 Å². The summed E-state index contributed by atoms with van der Waals surface area (Å²) in [5.74, 6) is -0.316. The molecule has 0 aliphatic carbocycles. The van der Waals surface area contributed by atoms with E-state index in [0.717, 1.165) is 31.4 Å². The van der Waals surface area contributed by atoms with Crippen molar-refractivity contribution in [2.24, 2.45) is 11.7 Å². The van der Waals surface area contributed by atoms with Crippen molar-refractivity contribution >= 4 is 30.8 Å². The predicted molar refractivity (Wildman–Crippen MR) is 112 cm³/mol. The number of hydrogen-bond donors (Lipinski definition) is 1. The topological polar surface area (TPSA) is 70.1 Å². The average Bonchev–Trinajstić information content (AvgIpc) is 3.01. The molecule has 1 aromatic carbocycles. The summed E-state index contributed by atoms with van der Waals surface area (Å²) in [7, 11) is 0. The molecule has 0 radical (unpaired) electrons. The van der Waals surface area contributed by atoms with Gasteiger partial charge in [-0.05, 0) is 57.7 Å². The van der Waals surface area contributed by atoms with Crippen molar-refractivity contribution < 1.29 is 9.53 Å². The molecule has 0 fully saturated rings. The normalized spacial score (nSPS) is 13.0. The number of carbonyl (C=O) groups is 1. The molecule has 150 valence electrons. The first-order valence-corrected chi connectivity index (χ1v) is 9.14. The maximum Gasteiger partial charge on any atom is 0.309 e. The molecule has 2 heterocycles. The number of nitrogens with two attached hydrogens (primary N) is 1. The van der Waals surface area contributed by atoms with Gasteiger partial charge in [0.2, 0.25) is 0 Å². The third-order valence-corrected chi connectivity index (χ3v) is 4.72. The standard InChI is InChI=1S/C20H27N3O2.2ClH/c1-14(2)25-20(24)16(7-5-11-21)12-17-19-10-9-15-6-3-4-8-18(15)23(19)13-22-17;;/h3-4,6,8,13-14,16H,5,7,9-12,21H2,1-2H3;2*1H/t16-;;/m0../s1. The number of carbonyl (C=O) groups excluding carboxylic acids is 1. The van der Waals surface area contributed by atoms with Crippen LogP contribution in [0.4, 0.5) is 0 Å². The van der Waals surface area contributed by atoms with E-state index in [9.17, 15) is 4.79 Å². The zero-order chi connectivity index (χ0) is 17.8. The molecule has 0 bridgehead atoms. The van der Waals surface area contributed by atoms with E-state index in [1.165, 1.54) is 16.9 Å². The van der Waals surface area contributed by atoms with Crippen molar-refractivity contribution in [2.75, 3.05) is 6.54 Å². The van der Waals surface area contributed by atoms with E-state index in [-0.39, 0.29) is 42.8 Å². The maximum atomic E-state index is 12.5. The fourth-order valence-electron chi connectivity index (χ4n) is 3.49. The quantitative estimate of drug-likeness (QED) is 0.702. The number of rotatable bonds is 7. The number of hydrogen-bond acceptors (Lipinski definition) is 4. The van der Waals surface area contributed by atoms with Crippen LogP contribution in [0.1, 0.15) is 43.6 Å². The molecular formula is C20H29Cl2N3O2. The molecule has 1 aromatic heterocycles. The highest BCUT2D eigenvalue weighted by molar-refractivity contribution is 5.85. The van der Waals surface area contributed by atoms with Crippen LogP contribution in [0, 0.1) is 5.92 Å². The number of aryl methyl sites for hydroxylation is 1. The summed E-state index contributed by atoms with van der Waals surface area (Å²) in [6, 6.07) is 8.43. The minimum absolute atomic E-state index is 0. The highest BCUT2D eigenvalue weighted by Crippen LogP contribution is 2.28. The Hall–Kier alpha value is -1.56. The Morgan fingerprint density at radius 2 is 2.00 bits per heavy atom. The Bertz CT molecular complexity index is 747. The Morgan fingerprint density at radius 1 is 1.26 bits per heavy atom. The van der Waals surface area contributed by atoms with Gasteiger partial charge in [0, 0.05) is 17.8 Å². The summed E-state index contributed by atoms with van der Waals surface area (Å²) in [4.78, 5) is 17.1. The number of esters is 1. The summed E-state index contributed by atoms with van der Waals surface area (Å²) in [6.07, 6.45) is 5.93. The van der Waals surface area contributed by atoms with E-state index < -0.39 is 0 Å². The number of imidazole rings is 1. The summed E-state index contributed by atoms with van der Waals surface area (Å²) >= 11 is 0. The molecule has 5 nitrogen and oxygen atoms in total. The summed E-state index contributed by atoms with van der Waals surface area (Å²) in [5, 5.41) is 0. The number of benzene rings is 1.